The Hall–Kier alpha value is -0.190. The number of halogens is 3. The number of alkyl halides is 3. The monoisotopic (exact) mass is 228 g/mol. The zero-order chi connectivity index (χ0) is 11.0. The van der Waals surface area contributed by atoms with E-state index in [1.807, 2.05) is 0 Å². The Balaban J connectivity index is 3.49. The van der Waals surface area contributed by atoms with Gasteiger partial charge in [-0.25, -0.2) is 8.78 Å². The maximum Gasteiger partial charge on any atom is 0.248 e. The molecule has 5 heteroatoms. The van der Waals surface area contributed by atoms with E-state index in [1.165, 1.54) is 6.92 Å². The van der Waals surface area contributed by atoms with Gasteiger partial charge in [0.25, 0.3) is 0 Å². The highest BCUT2D eigenvalue weighted by Crippen LogP contribution is 2.26. The zero-order valence-electron chi connectivity index (χ0n) is 8.19. The summed E-state index contributed by atoms with van der Waals surface area (Å²) in [6, 6.07) is 0. The van der Waals surface area contributed by atoms with Crippen molar-refractivity contribution in [3.63, 3.8) is 0 Å². The van der Waals surface area contributed by atoms with Gasteiger partial charge in [-0.3, -0.25) is 9.18 Å². The summed E-state index contributed by atoms with van der Waals surface area (Å²) in [5, 5.41) is -0.0583. The molecule has 0 aliphatic heterocycles. The molecule has 0 N–H and O–H groups in total. The van der Waals surface area contributed by atoms with Gasteiger partial charge in [0.15, 0.2) is 5.12 Å². The van der Waals surface area contributed by atoms with E-state index in [1.54, 1.807) is 0 Å². The van der Waals surface area contributed by atoms with Gasteiger partial charge in [0.1, 0.15) is 0 Å². The smallest absolute Gasteiger partial charge is 0.248 e. The van der Waals surface area contributed by atoms with E-state index in [-0.39, 0.29) is 18.0 Å². The van der Waals surface area contributed by atoms with Crippen LogP contribution in [0.2, 0.25) is 0 Å². The lowest BCUT2D eigenvalue weighted by atomic mass is 10.1. The van der Waals surface area contributed by atoms with E-state index in [9.17, 15) is 18.0 Å². The number of thioether (sulfide) groups is 1. The highest BCUT2D eigenvalue weighted by Gasteiger charge is 2.27. The summed E-state index contributed by atoms with van der Waals surface area (Å²) in [7, 11) is 0. The summed E-state index contributed by atoms with van der Waals surface area (Å²) in [6.45, 7) is 0.712. The normalized spacial score (nSPS) is 11.7. The number of carbonyl (C=O) groups excluding carboxylic acids is 1. The summed E-state index contributed by atoms with van der Waals surface area (Å²) in [5.41, 5.74) is 0. The first-order valence-electron chi connectivity index (χ1n) is 4.55. The molecule has 0 aromatic carbocycles. The predicted octanol–water partition coefficient (Wildman–Crippen LogP) is 3.43. The second-order valence-corrected chi connectivity index (χ2v) is 4.36. The van der Waals surface area contributed by atoms with Crippen LogP contribution in [0.3, 0.4) is 0 Å². The SMILES string of the molecule is CC(=O)SCCCC(F)(F)CCCF. The fraction of sp³-hybridized carbons (Fsp3) is 0.889. The summed E-state index contributed by atoms with van der Waals surface area (Å²) < 4.78 is 37.4. The topological polar surface area (TPSA) is 17.1 Å². The van der Waals surface area contributed by atoms with Crippen LogP contribution in [0.1, 0.15) is 32.6 Å². The first-order chi connectivity index (χ1) is 6.48. The summed E-state index contributed by atoms with van der Waals surface area (Å²) >= 11 is 1.05. The molecule has 1 nitrogen and oxygen atoms in total. The molecule has 14 heavy (non-hydrogen) atoms. The number of hydrogen-bond acceptors (Lipinski definition) is 2. The predicted molar refractivity (Wildman–Crippen MR) is 52.5 cm³/mol. The van der Waals surface area contributed by atoms with Gasteiger partial charge < -0.3 is 0 Å². The second kappa shape index (κ2) is 7.15. The molecule has 0 aliphatic rings. The van der Waals surface area contributed by atoms with Crippen molar-refractivity contribution in [1.82, 2.24) is 0 Å². The minimum Gasteiger partial charge on any atom is -0.288 e. The van der Waals surface area contributed by atoms with Gasteiger partial charge in [0, 0.05) is 25.5 Å². The van der Waals surface area contributed by atoms with E-state index in [0.29, 0.717) is 12.2 Å². The lowest BCUT2D eigenvalue weighted by Crippen LogP contribution is -2.16. The first kappa shape index (κ1) is 13.8. The van der Waals surface area contributed by atoms with Crippen LogP contribution in [0.5, 0.6) is 0 Å². The Kier molecular flexibility index (Phi) is 7.05. The maximum absolute atomic E-state index is 12.9. The summed E-state index contributed by atoms with van der Waals surface area (Å²) in [4.78, 5) is 10.5. The highest BCUT2D eigenvalue weighted by atomic mass is 32.2. The van der Waals surface area contributed by atoms with Gasteiger partial charge in [-0.15, -0.1) is 0 Å². The van der Waals surface area contributed by atoms with E-state index >= 15 is 0 Å². The first-order valence-corrected chi connectivity index (χ1v) is 5.53. The van der Waals surface area contributed by atoms with Crippen LogP contribution in [0.25, 0.3) is 0 Å². The lowest BCUT2D eigenvalue weighted by Gasteiger charge is -2.14. The molecule has 0 unspecified atom stereocenters. The van der Waals surface area contributed by atoms with E-state index in [4.69, 9.17) is 0 Å². The van der Waals surface area contributed by atoms with Crippen molar-refractivity contribution < 1.29 is 18.0 Å². The van der Waals surface area contributed by atoms with Gasteiger partial charge in [0.2, 0.25) is 5.92 Å². The minimum absolute atomic E-state index is 0.0583. The number of hydrogen-bond donors (Lipinski definition) is 0. The minimum atomic E-state index is -2.77. The van der Waals surface area contributed by atoms with Crippen LogP contribution in [0.15, 0.2) is 0 Å². The molecule has 0 aromatic rings. The third-order valence-corrected chi connectivity index (χ3v) is 2.57. The molecule has 0 aromatic heterocycles. The Labute approximate surface area is 86.4 Å². The quantitative estimate of drug-likeness (QED) is 0.621. The van der Waals surface area contributed by atoms with Crippen LogP contribution in [-0.2, 0) is 4.79 Å². The maximum atomic E-state index is 12.9. The summed E-state index contributed by atoms with van der Waals surface area (Å²) in [6.07, 6.45) is -0.447. The van der Waals surface area contributed by atoms with Crippen molar-refractivity contribution in [2.24, 2.45) is 0 Å². The van der Waals surface area contributed by atoms with Crippen molar-refractivity contribution in [2.45, 2.75) is 38.5 Å². The highest BCUT2D eigenvalue weighted by molar-refractivity contribution is 8.13. The van der Waals surface area contributed by atoms with Gasteiger partial charge >= 0.3 is 0 Å². The van der Waals surface area contributed by atoms with E-state index < -0.39 is 19.0 Å². The molecule has 0 radical (unpaired) electrons. The van der Waals surface area contributed by atoms with E-state index in [0.717, 1.165) is 11.8 Å². The molecular weight excluding hydrogens is 213 g/mol. The van der Waals surface area contributed by atoms with Crippen molar-refractivity contribution in [3.05, 3.63) is 0 Å². The molecule has 0 atom stereocenters. The second-order valence-electron chi connectivity index (χ2n) is 3.09. The fourth-order valence-electron chi connectivity index (χ4n) is 0.997. The van der Waals surface area contributed by atoms with Crippen molar-refractivity contribution in [2.75, 3.05) is 12.4 Å². The van der Waals surface area contributed by atoms with Gasteiger partial charge in [-0.05, 0) is 12.8 Å². The van der Waals surface area contributed by atoms with E-state index in [2.05, 4.69) is 0 Å². The average Bonchev–Trinajstić information content (AvgIpc) is 2.09. The third-order valence-electron chi connectivity index (χ3n) is 1.67. The standard InChI is InChI=1S/C9H15F3OS/c1-8(13)14-7-3-5-9(11,12)4-2-6-10/h2-7H2,1H3. The Morgan fingerprint density at radius 2 is 1.86 bits per heavy atom. The van der Waals surface area contributed by atoms with Crippen molar-refractivity contribution >= 4 is 16.9 Å². The molecule has 0 rings (SSSR count). The number of carbonyl (C=O) groups is 1. The van der Waals surface area contributed by atoms with Crippen molar-refractivity contribution in [1.29, 1.82) is 0 Å². The molecule has 0 fully saturated rings. The molecule has 84 valence electrons. The van der Waals surface area contributed by atoms with Crippen LogP contribution in [-0.4, -0.2) is 23.5 Å². The molecule has 0 amide bonds. The van der Waals surface area contributed by atoms with Crippen LogP contribution < -0.4 is 0 Å². The summed E-state index contributed by atoms with van der Waals surface area (Å²) in [5.74, 6) is -2.36. The zero-order valence-corrected chi connectivity index (χ0v) is 9.01. The Bertz CT molecular complexity index is 173. The lowest BCUT2D eigenvalue weighted by molar-refractivity contribution is -0.109. The van der Waals surface area contributed by atoms with Crippen LogP contribution >= 0.6 is 11.8 Å². The Morgan fingerprint density at radius 3 is 2.36 bits per heavy atom. The molecule has 0 bridgehead atoms. The molecule has 0 saturated carbocycles. The Morgan fingerprint density at radius 1 is 1.29 bits per heavy atom. The molecular formula is C9H15F3OS. The molecule has 0 spiro atoms. The van der Waals surface area contributed by atoms with Gasteiger partial charge in [-0.1, -0.05) is 11.8 Å². The number of rotatable bonds is 7. The van der Waals surface area contributed by atoms with Crippen LogP contribution in [0, 0.1) is 0 Å². The van der Waals surface area contributed by atoms with Gasteiger partial charge in [0.05, 0.1) is 6.67 Å². The fourth-order valence-corrected chi connectivity index (χ4v) is 1.57. The molecule has 0 aliphatic carbocycles. The van der Waals surface area contributed by atoms with Crippen LogP contribution in [0.4, 0.5) is 13.2 Å². The average molecular weight is 228 g/mol. The molecule has 0 heterocycles. The third kappa shape index (κ3) is 8.41. The molecule has 0 saturated heterocycles. The van der Waals surface area contributed by atoms with Gasteiger partial charge in [-0.2, -0.15) is 0 Å². The van der Waals surface area contributed by atoms with Crippen molar-refractivity contribution in [3.8, 4) is 0 Å². The largest absolute Gasteiger partial charge is 0.288 e.